The van der Waals surface area contributed by atoms with Gasteiger partial charge in [0.2, 0.25) is 0 Å². The van der Waals surface area contributed by atoms with E-state index in [1.54, 1.807) is 0 Å². The monoisotopic (exact) mass is 366 g/mol. The van der Waals surface area contributed by atoms with Gasteiger partial charge in [-0.15, -0.1) is 0 Å². The summed E-state index contributed by atoms with van der Waals surface area (Å²) in [5, 5.41) is 3.17. The number of aromatic nitrogens is 3. The highest BCUT2D eigenvalue weighted by atomic mass is 79.9. The van der Waals surface area contributed by atoms with Gasteiger partial charge in [0.15, 0.2) is 5.82 Å². The molecule has 0 radical (unpaired) electrons. The fraction of sp³-hybridized carbons (Fsp3) is 0. The van der Waals surface area contributed by atoms with E-state index in [2.05, 4.69) is 47.1 Å². The first kappa shape index (κ1) is 11.7. The van der Waals surface area contributed by atoms with Gasteiger partial charge >= 0.3 is 0 Å². The van der Waals surface area contributed by atoms with Crippen LogP contribution in [0.15, 0.2) is 51.8 Å². The van der Waals surface area contributed by atoms with Crippen molar-refractivity contribution in [3.8, 4) is 0 Å². The number of nitrogens with one attached hydrogen (secondary N) is 1. The maximum atomic E-state index is 4.47. The molecule has 3 aromatic rings. The van der Waals surface area contributed by atoms with Crippen LogP contribution >= 0.6 is 31.9 Å². The van der Waals surface area contributed by atoms with Gasteiger partial charge in [0, 0.05) is 0 Å². The van der Waals surface area contributed by atoms with Crippen LogP contribution in [0.4, 0.5) is 11.6 Å². The lowest BCUT2D eigenvalue weighted by Gasteiger charge is -2.00. The van der Waals surface area contributed by atoms with Crippen molar-refractivity contribution in [2.75, 3.05) is 5.32 Å². The number of halogens is 2. The molecule has 0 saturated carbocycles. The first-order valence-corrected chi connectivity index (χ1v) is 6.84. The molecule has 0 spiro atoms. The zero-order valence-corrected chi connectivity index (χ0v) is 12.3. The summed E-state index contributed by atoms with van der Waals surface area (Å²) in [6.45, 7) is 0. The third-order valence-corrected chi connectivity index (χ3v) is 3.50. The van der Waals surface area contributed by atoms with Crippen molar-refractivity contribution >= 4 is 49.1 Å². The van der Waals surface area contributed by atoms with Gasteiger partial charge in [-0.1, -0.05) is 12.1 Å². The maximum Gasteiger partial charge on any atom is 0.150 e. The first-order valence-electron chi connectivity index (χ1n) is 5.25. The van der Waals surface area contributed by atoms with Gasteiger partial charge in [-0.05, 0) is 56.1 Å². The second-order valence-electron chi connectivity index (χ2n) is 3.67. The second-order valence-corrected chi connectivity index (χ2v) is 5.30. The molecule has 0 fully saturated rings. The number of imidazole rings is 1. The summed E-state index contributed by atoms with van der Waals surface area (Å²) >= 11 is 6.82. The molecule has 0 aromatic carbocycles. The number of fused-ring (bicyclic) bond motifs is 1. The topological polar surface area (TPSA) is 42.2 Å². The van der Waals surface area contributed by atoms with E-state index in [1.807, 2.05) is 47.0 Å². The van der Waals surface area contributed by atoms with Crippen LogP contribution in [0.1, 0.15) is 0 Å². The van der Waals surface area contributed by atoms with Crippen molar-refractivity contribution in [3.05, 3.63) is 51.8 Å². The third kappa shape index (κ3) is 2.26. The summed E-state index contributed by atoms with van der Waals surface area (Å²) < 4.78 is 3.71. The smallest absolute Gasteiger partial charge is 0.150 e. The minimum atomic E-state index is 0.754. The molecule has 0 aliphatic heterocycles. The fourth-order valence-corrected chi connectivity index (χ4v) is 2.43. The summed E-state index contributed by atoms with van der Waals surface area (Å²) in [4.78, 5) is 8.77. The SMILES string of the molecule is Brc1cccc(Nc2cn3c(Br)cccc3n2)n1. The lowest BCUT2D eigenvalue weighted by Crippen LogP contribution is -1.93. The standard InChI is InChI=1S/C12H8Br2N4/c13-8-3-1-5-10(15-8)16-11-7-18-9(14)4-2-6-12(18)17-11/h1-7H,(H,15,16). The maximum absolute atomic E-state index is 4.47. The van der Waals surface area contributed by atoms with Crippen LogP contribution in [-0.2, 0) is 0 Å². The molecule has 18 heavy (non-hydrogen) atoms. The quantitative estimate of drug-likeness (QED) is 0.696. The van der Waals surface area contributed by atoms with E-state index < -0.39 is 0 Å². The molecule has 90 valence electrons. The summed E-state index contributed by atoms with van der Waals surface area (Å²) in [5.74, 6) is 1.51. The Morgan fingerprint density at radius 2 is 1.78 bits per heavy atom. The molecule has 0 aliphatic rings. The largest absolute Gasteiger partial charge is 0.324 e. The molecule has 0 amide bonds. The fourth-order valence-electron chi connectivity index (χ4n) is 1.65. The molecule has 3 heterocycles. The van der Waals surface area contributed by atoms with Gasteiger partial charge in [0.25, 0.3) is 0 Å². The van der Waals surface area contributed by atoms with E-state index in [0.717, 1.165) is 26.5 Å². The predicted molar refractivity (Wildman–Crippen MR) is 78.1 cm³/mol. The summed E-state index contributed by atoms with van der Waals surface area (Å²) in [5.41, 5.74) is 0.877. The van der Waals surface area contributed by atoms with E-state index in [9.17, 15) is 0 Å². The Hall–Kier alpha value is -1.40. The minimum Gasteiger partial charge on any atom is -0.324 e. The lowest BCUT2D eigenvalue weighted by atomic mass is 10.4. The third-order valence-electron chi connectivity index (χ3n) is 2.41. The Labute approximate surface area is 120 Å². The number of hydrogen-bond acceptors (Lipinski definition) is 3. The minimum absolute atomic E-state index is 0.754. The van der Waals surface area contributed by atoms with Crippen molar-refractivity contribution in [1.29, 1.82) is 0 Å². The number of rotatable bonds is 2. The Morgan fingerprint density at radius 3 is 2.56 bits per heavy atom. The van der Waals surface area contributed by atoms with E-state index >= 15 is 0 Å². The lowest BCUT2D eigenvalue weighted by molar-refractivity contribution is 1.14. The molecule has 0 atom stereocenters. The normalized spacial score (nSPS) is 10.8. The van der Waals surface area contributed by atoms with Crippen molar-refractivity contribution in [2.24, 2.45) is 0 Å². The average molecular weight is 368 g/mol. The summed E-state index contributed by atoms with van der Waals surface area (Å²) in [7, 11) is 0. The Kier molecular flexibility index (Phi) is 3.05. The Balaban J connectivity index is 1.98. The van der Waals surface area contributed by atoms with Crippen LogP contribution in [0.3, 0.4) is 0 Å². The molecule has 0 saturated heterocycles. The van der Waals surface area contributed by atoms with Crippen LogP contribution < -0.4 is 5.32 Å². The van der Waals surface area contributed by atoms with Gasteiger partial charge in [-0.25, -0.2) is 9.97 Å². The molecule has 0 bridgehead atoms. The van der Waals surface area contributed by atoms with E-state index in [-0.39, 0.29) is 0 Å². The molecular weight excluding hydrogens is 360 g/mol. The first-order chi connectivity index (χ1) is 8.72. The number of nitrogens with zero attached hydrogens (tertiary/aromatic N) is 3. The molecular formula is C12H8Br2N4. The van der Waals surface area contributed by atoms with Crippen LogP contribution in [0, 0.1) is 0 Å². The van der Waals surface area contributed by atoms with Gasteiger partial charge in [0.05, 0.1) is 10.8 Å². The number of anilines is 2. The van der Waals surface area contributed by atoms with Crippen molar-refractivity contribution in [3.63, 3.8) is 0 Å². The van der Waals surface area contributed by atoms with Crippen LogP contribution in [0.25, 0.3) is 5.65 Å². The number of hydrogen-bond donors (Lipinski definition) is 1. The molecule has 0 aliphatic carbocycles. The molecule has 1 N–H and O–H groups in total. The van der Waals surface area contributed by atoms with Crippen LogP contribution in [-0.4, -0.2) is 14.4 Å². The van der Waals surface area contributed by atoms with Gasteiger partial charge in [-0.2, -0.15) is 0 Å². The average Bonchev–Trinajstić information content (AvgIpc) is 2.73. The second kappa shape index (κ2) is 4.70. The van der Waals surface area contributed by atoms with Gasteiger partial charge < -0.3 is 5.32 Å². The highest BCUT2D eigenvalue weighted by molar-refractivity contribution is 9.10. The summed E-state index contributed by atoms with van der Waals surface area (Å²) in [6.07, 6.45) is 1.92. The van der Waals surface area contributed by atoms with E-state index in [1.165, 1.54) is 0 Å². The van der Waals surface area contributed by atoms with Gasteiger partial charge in [-0.3, -0.25) is 4.40 Å². The van der Waals surface area contributed by atoms with Crippen molar-refractivity contribution < 1.29 is 0 Å². The molecule has 3 rings (SSSR count). The Bertz CT molecular complexity index is 708. The predicted octanol–water partition coefficient (Wildman–Crippen LogP) is 4.00. The van der Waals surface area contributed by atoms with E-state index in [0.29, 0.717) is 0 Å². The zero-order valence-electron chi connectivity index (χ0n) is 9.14. The van der Waals surface area contributed by atoms with Crippen molar-refractivity contribution in [1.82, 2.24) is 14.4 Å². The van der Waals surface area contributed by atoms with Crippen LogP contribution in [0.2, 0.25) is 0 Å². The highest BCUT2D eigenvalue weighted by Gasteiger charge is 2.04. The summed E-state index contributed by atoms with van der Waals surface area (Å²) in [6, 6.07) is 11.6. The molecule has 0 unspecified atom stereocenters. The van der Waals surface area contributed by atoms with Gasteiger partial charge in [0.1, 0.15) is 16.1 Å². The molecule has 3 aromatic heterocycles. The molecule has 4 nitrogen and oxygen atoms in total. The zero-order chi connectivity index (χ0) is 12.5. The Morgan fingerprint density at radius 1 is 0.944 bits per heavy atom. The highest BCUT2D eigenvalue weighted by Crippen LogP contribution is 2.19. The molecule has 6 heteroatoms. The van der Waals surface area contributed by atoms with E-state index in [4.69, 9.17) is 0 Å². The number of pyridine rings is 2. The van der Waals surface area contributed by atoms with Crippen LogP contribution in [0.5, 0.6) is 0 Å². The van der Waals surface area contributed by atoms with Crippen molar-refractivity contribution in [2.45, 2.75) is 0 Å².